The van der Waals surface area contributed by atoms with Crippen molar-refractivity contribution >= 4 is 29.1 Å². The Morgan fingerprint density at radius 1 is 1.30 bits per heavy atom. The molecule has 0 bridgehead atoms. The van der Waals surface area contributed by atoms with Gasteiger partial charge in [-0.25, -0.2) is 0 Å². The van der Waals surface area contributed by atoms with Crippen LogP contribution in [0.1, 0.15) is 35.2 Å². The molecule has 27 heavy (non-hydrogen) atoms. The first-order valence-electron chi connectivity index (χ1n) is 7.97. The number of carbonyl (C=O) groups excluding carboxylic acids is 2. The summed E-state index contributed by atoms with van der Waals surface area (Å²) in [5.74, 6) is -0.975. The number of hydrogen-bond acceptors (Lipinski definition) is 4. The zero-order chi connectivity index (χ0) is 20.4. The average molecular weight is 407 g/mol. The molecule has 0 aliphatic heterocycles. The molecule has 0 saturated carbocycles. The highest BCUT2D eigenvalue weighted by Crippen LogP contribution is 2.35. The first-order valence-corrected chi connectivity index (χ1v) is 8.35. The molecule has 0 fully saturated rings. The smallest absolute Gasteiger partial charge is 0.354 e. The third kappa shape index (κ3) is 4.59. The van der Waals surface area contributed by atoms with Gasteiger partial charge in [0.1, 0.15) is 0 Å². The number of rotatable bonds is 6. The molecule has 2 rings (SSSR count). The highest BCUT2D eigenvalue weighted by atomic mass is 35.5. The second kappa shape index (κ2) is 7.99. The van der Waals surface area contributed by atoms with E-state index in [2.05, 4.69) is 20.8 Å². The molecule has 0 saturated heterocycles. The Bertz CT molecular complexity index is 859. The van der Waals surface area contributed by atoms with E-state index < -0.39 is 28.7 Å². The van der Waals surface area contributed by atoms with Gasteiger partial charge in [-0.3, -0.25) is 19.0 Å². The monoisotopic (exact) mass is 406 g/mol. The lowest BCUT2D eigenvalue weighted by Crippen LogP contribution is -2.22. The summed E-state index contributed by atoms with van der Waals surface area (Å²) in [5, 5.41) is 12.0. The molecule has 0 unspecified atom stereocenters. The molecule has 148 valence electrons. The lowest BCUT2D eigenvalue weighted by atomic mass is 10.3. The van der Waals surface area contributed by atoms with Crippen LogP contribution in [0.15, 0.2) is 6.20 Å². The number of nitrogens with one attached hydrogen (secondary N) is 2. The van der Waals surface area contributed by atoms with Crippen LogP contribution < -0.4 is 10.6 Å². The fourth-order valence-corrected chi connectivity index (χ4v) is 2.55. The number of amides is 2. The molecule has 0 aromatic carbocycles. The van der Waals surface area contributed by atoms with Gasteiger partial charge in [-0.15, -0.1) is 0 Å². The molecule has 0 aliphatic rings. The summed E-state index contributed by atoms with van der Waals surface area (Å²) >= 11 is 5.67. The van der Waals surface area contributed by atoms with E-state index in [1.54, 1.807) is 0 Å². The first kappa shape index (κ1) is 20.7. The summed E-state index contributed by atoms with van der Waals surface area (Å²) in [4.78, 5) is 24.0. The van der Waals surface area contributed by atoms with Crippen LogP contribution in [0.4, 0.5) is 18.9 Å². The largest absolute Gasteiger partial charge is 0.436 e. The van der Waals surface area contributed by atoms with Crippen LogP contribution in [0, 0.1) is 6.92 Å². The normalized spacial score (nSPS) is 11.5. The van der Waals surface area contributed by atoms with Gasteiger partial charge in [0, 0.05) is 26.2 Å². The summed E-state index contributed by atoms with van der Waals surface area (Å²) in [5.41, 5.74) is -0.812. The van der Waals surface area contributed by atoms with Crippen LogP contribution in [0.2, 0.25) is 5.02 Å². The molecule has 0 aliphatic carbocycles. The Morgan fingerprint density at radius 3 is 2.48 bits per heavy atom. The molecule has 2 aromatic rings. The first-order chi connectivity index (χ1) is 12.6. The maximum Gasteiger partial charge on any atom is 0.436 e. The van der Waals surface area contributed by atoms with Crippen molar-refractivity contribution in [1.29, 1.82) is 0 Å². The Hall–Kier alpha value is -2.56. The van der Waals surface area contributed by atoms with Crippen LogP contribution in [0.25, 0.3) is 0 Å². The Kier molecular flexibility index (Phi) is 6.14. The van der Waals surface area contributed by atoms with Crippen LogP contribution in [-0.4, -0.2) is 38.4 Å². The number of aryl methyl sites for hydroxylation is 2. The van der Waals surface area contributed by atoms with Crippen LogP contribution in [0.5, 0.6) is 0 Å². The number of halogens is 4. The quantitative estimate of drug-likeness (QED) is 0.770. The summed E-state index contributed by atoms with van der Waals surface area (Å²) < 4.78 is 41.0. The van der Waals surface area contributed by atoms with Crippen molar-refractivity contribution in [3.05, 3.63) is 28.3 Å². The Morgan fingerprint density at radius 2 is 1.96 bits per heavy atom. The molecule has 2 aromatic heterocycles. The molecule has 0 spiro atoms. The fourth-order valence-electron chi connectivity index (χ4n) is 2.30. The van der Waals surface area contributed by atoms with E-state index >= 15 is 0 Å². The van der Waals surface area contributed by atoms with Crippen LogP contribution in [0.3, 0.4) is 0 Å². The van der Waals surface area contributed by atoms with Crippen molar-refractivity contribution in [2.45, 2.75) is 39.5 Å². The average Bonchev–Trinajstić information content (AvgIpc) is 3.14. The second-order valence-electron chi connectivity index (χ2n) is 5.59. The summed E-state index contributed by atoms with van der Waals surface area (Å²) in [6.45, 7) is 3.59. The van der Waals surface area contributed by atoms with Gasteiger partial charge in [0.05, 0.1) is 22.9 Å². The lowest BCUT2D eigenvalue weighted by molar-refractivity contribution is -0.141. The molecule has 0 atom stereocenters. The SMILES string of the molecule is CCn1cc(NC(=O)CCn2nc(C(F)(F)F)c(Cl)c2C)c(C(=O)NC)n1. The van der Waals surface area contributed by atoms with Crippen molar-refractivity contribution in [2.75, 3.05) is 12.4 Å². The van der Waals surface area contributed by atoms with Gasteiger partial charge >= 0.3 is 6.18 Å². The number of aromatic nitrogens is 4. The van der Waals surface area contributed by atoms with Crippen molar-refractivity contribution in [1.82, 2.24) is 24.9 Å². The number of nitrogens with zero attached hydrogens (tertiary/aromatic N) is 4. The molecular formula is C15H18ClF3N6O2. The molecule has 2 N–H and O–H groups in total. The summed E-state index contributed by atoms with van der Waals surface area (Å²) in [7, 11) is 1.43. The van der Waals surface area contributed by atoms with Gasteiger partial charge in [0.25, 0.3) is 5.91 Å². The minimum absolute atomic E-state index is 0.0466. The van der Waals surface area contributed by atoms with Gasteiger partial charge in [0.2, 0.25) is 5.91 Å². The maximum atomic E-state index is 12.8. The van der Waals surface area contributed by atoms with Gasteiger partial charge in [-0.05, 0) is 13.8 Å². The van der Waals surface area contributed by atoms with Gasteiger partial charge < -0.3 is 10.6 Å². The number of anilines is 1. The minimum atomic E-state index is -4.67. The summed E-state index contributed by atoms with van der Waals surface area (Å²) in [6.07, 6.45) is -3.34. The molecule has 0 radical (unpaired) electrons. The molecule has 12 heteroatoms. The highest BCUT2D eigenvalue weighted by Gasteiger charge is 2.38. The third-order valence-electron chi connectivity index (χ3n) is 3.75. The van der Waals surface area contributed by atoms with Crippen molar-refractivity contribution in [2.24, 2.45) is 0 Å². The van der Waals surface area contributed by atoms with Gasteiger partial charge in [-0.2, -0.15) is 23.4 Å². The second-order valence-corrected chi connectivity index (χ2v) is 5.97. The predicted molar refractivity (Wildman–Crippen MR) is 91.5 cm³/mol. The van der Waals surface area contributed by atoms with E-state index in [0.717, 1.165) is 4.68 Å². The molecule has 2 heterocycles. The van der Waals surface area contributed by atoms with Crippen LogP contribution in [-0.2, 0) is 24.1 Å². The van der Waals surface area contributed by atoms with Crippen molar-refractivity contribution in [3.63, 3.8) is 0 Å². The topological polar surface area (TPSA) is 93.8 Å². The van der Waals surface area contributed by atoms with Gasteiger partial charge in [0.15, 0.2) is 11.4 Å². The molecule has 8 nitrogen and oxygen atoms in total. The van der Waals surface area contributed by atoms with E-state index in [0.29, 0.717) is 6.54 Å². The van der Waals surface area contributed by atoms with E-state index in [1.807, 2.05) is 6.92 Å². The maximum absolute atomic E-state index is 12.8. The van der Waals surface area contributed by atoms with E-state index in [-0.39, 0.29) is 30.0 Å². The van der Waals surface area contributed by atoms with Crippen molar-refractivity contribution < 1.29 is 22.8 Å². The Balaban J connectivity index is 2.10. The zero-order valence-corrected chi connectivity index (χ0v) is 15.6. The van der Waals surface area contributed by atoms with E-state index in [1.165, 1.54) is 24.9 Å². The van der Waals surface area contributed by atoms with Gasteiger partial charge in [-0.1, -0.05) is 11.6 Å². The predicted octanol–water partition coefficient (Wildman–Crippen LogP) is 2.47. The lowest BCUT2D eigenvalue weighted by Gasteiger charge is -2.06. The fraction of sp³-hybridized carbons (Fsp3) is 0.467. The summed E-state index contributed by atoms with van der Waals surface area (Å²) in [6, 6.07) is 0. The number of alkyl halides is 3. The number of hydrogen-bond donors (Lipinski definition) is 2. The highest BCUT2D eigenvalue weighted by molar-refractivity contribution is 6.31. The standard InChI is InChI=1S/C15H18ClF3N6O2/c1-4-24-7-9(12(22-24)14(27)20-3)21-10(26)5-6-25-8(2)11(16)13(23-25)15(17,18)19/h7H,4-6H2,1-3H3,(H,20,27)(H,21,26). The third-order valence-corrected chi connectivity index (χ3v) is 4.21. The number of carbonyl (C=O) groups is 2. The molecule has 2 amide bonds. The van der Waals surface area contributed by atoms with Crippen LogP contribution >= 0.6 is 11.6 Å². The minimum Gasteiger partial charge on any atom is -0.354 e. The zero-order valence-electron chi connectivity index (χ0n) is 14.8. The molecular weight excluding hydrogens is 389 g/mol. The van der Waals surface area contributed by atoms with Crippen molar-refractivity contribution in [3.8, 4) is 0 Å². The van der Waals surface area contributed by atoms with E-state index in [4.69, 9.17) is 11.6 Å². The van der Waals surface area contributed by atoms with E-state index in [9.17, 15) is 22.8 Å². The Labute approximate surface area is 157 Å².